The molecule has 29 heavy (non-hydrogen) atoms. The van der Waals surface area contributed by atoms with Crippen LogP contribution in [0.15, 0.2) is 59.2 Å². The molecule has 0 spiro atoms. The molecule has 0 radical (unpaired) electrons. The van der Waals surface area contributed by atoms with E-state index in [0.29, 0.717) is 30.8 Å². The number of nitrogens with one attached hydrogen (secondary N) is 1. The third-order valence-corrected chi connectivity index (χ3v) is 4.74. The molecule has 148 valence electrons. The molecule has 2 aromatic carbocycles. The summed E-state index contributed by atoms with van der Waals surface area (Å²) in [5.74, 6) is -0.353. The first kappa shape index (κ1) is 20.2. The first-order valence-corrected chi connectivity index (χ1v) is 9.22. The number of allylic oxidation sites excluding steroid dienone is 1. The summed E-state index contributed by atoms with van der Waals surface area (Å²) >= 11 is 0. The van der Waals surface area contributed by atoms with E-state index in [0.717, 1.165) is 22.3 Å². The third kappa shape index (κ3) is 4.66. The first-order chi connectivity index (χ1) is 14.0. The van der Waals surface area contributed by atoms with Gasteiger partial charge in [-0.3, -0.25) is 9.79 Å². The molecule has 1 aliphatic rings. The van der Waals surface area contributed by atoms with Crippen LogP contribution < -0.4 is 5.32 Å². The topological polar surface area (TPSA) is 57.1 Å². The Hall–Kier alpha value is -3.54. The van der Waals surface area contributed by atoms with Crippen LogP contribution in [0, 0.1) is 5.82 Å². The molecule has 5 nitrogen and oxygen atoms in total. The quantitative estimate of drug-likeness (QED) is 0.541. The van der Waals surface area contributed by atoms with Crippen molar-refractivity contribution >= 4 is 30.7 Å². The summed E-state index contributed by atoms with van der Waals surface area (Å²) in [6.07, 6.45) is 7.80. The molecular weight excluding hydrogens is 367 g/mol. The van der Waals surface area contributed by atoms with E-state index in [-0.39, 0.29) is 11.7 Å². The number of nitrogens with zero attached hydrogens (tertiary/aromatic N) is 3. The molecule has 0 atom stereocenters. The minimum absolute atomic E-state index is 0.101. The van der Waals surface area contributed by atoms with Gasteiger partial charge in [-0.2, -0.15) is 0 Å². The van der Waals surface area contributed by atoms with Crippen LogP contribution in [-0.2, 0) is 19.5 Å². The minimum Gasteiger partial charge on any atom is -0.361 e. The van der Waals surface area contributed by atoms with E-state index in [9.17, 15) is 9.18 Å². The minimum atomic E-state index is -0.252. The van der Waals surface area contributed by atoms with Gasteiger partial charge in [0.15, 0.2) is 0 Å². The summed E-state index contributed by atoms with van der Waals surface area (Å²) in [5.41, 5.74) is 5.16. The highest BCUT2D eigenvalue weighted by Crippen LogP contribution is 2.33. The second-order valence-corrected chi connectivity index (χ2v) is 6.75. The van der Waals surface area contributed by atoms with E-state index in [4.69, 9.17) is 0 Å². The lowest BCUT2D eigenvalue weighted by molar-refractivity contribution is 0.0966. The number of fused-ring (bicyclic) bond motifs is 1. The molecule has 1 aliphatic heterocycles. The van der Waals surface area contributed by atoms with Gasteiger partial charge in [-0.05, 0) is 48.0 Å². The number of carbonyl (C=O) groups excluding carboxylic acids is 1. The zero-order chi connectivity index (χ0) is 20.8. The Morgan fingerprint density at radius 2 is 2.07 bits per heavy atom. The Kier molecular flexibility index (Phi) is 6.34. The highest BCUT2D eigenvalue weighted by atomic mass is 19.1. The van der Waals surface area contributed by atoms with Crippen molar-refractivity contribution in [3.05, 3.63) is 82.8 Å². The molecule has 2 aromatic rings. The fraction of sp³-hybridized carbons (Fsp3) is 0.174. The van der Waals surface area contributed by atoms with Crippen LogP contribution in [0.2, 0.25) is 0 Å². The average Bonchev–Trinajstić information content (AvgIpc) is 3.09. The van der Waals surface area contributed by atoms with Gasteiger partial charge in [-0.25, -0.2) is 9.38 Å². The monoisotopic (exact) mass is 390 g/mol. The van der Waals surface area contributed by atoms with Crippen molar-refractivity contribution in [2.75, 3.05) is 7.05 Å². The first-order valence-electron chi connectivity index (χ1n) is 9.22. The summed E-state index contributed by atoms with van der Waals surface area (Å²) in [5, 5.41) is 2.88. The number of hydrogen-bond donors (Lipinski definition) is 1. The number of carbonyl (C=O) groups is 1. The normalized spacial score (nSPS) is 13.0. The Morgan fingerprint density at radius 1 is 1.31 bits per heavy atom. The van der Waals surface area contributed by atoms with Crippen molar-refractivity contribution < 1.29 is 9.18 Å². The van der Waals surface area contributed by atoms with Crippen LogP contribution in [0.5, 0.6) is 0 Å². The third-order valence-electron chi connectivity index (χ3n) is 4.74. The maximum atomic E-state index is 13.1. The summed E-state index contributed by atoms with van der Waals surface area (Å²) < 4.78 is 13.1. The SMILES string of the molecule is C=CN=CN(C)Cc1c(/C=C/Cc2ccc(F)cc2)c(N=C)cc2c1CNC2=O. The smallest absolute Gasteiger partial charge is 0.251 e. The fourth-order valence-electron chi connectivity index (χ4n) is 3.33. The lowest BCUT2D eigenvalue weighted by Gasteiger charge is -2.19. The molecule has 0 aliphatic carbocycles. The van der Waals surface area contributed by atoms with Gasteiger partial charge in [0.1, 0.15) is 5.82 Å². The molecule has 6 heteroatoms. The maximum Gasteiger partial charge on any atom is 0.251 e. The average molecular weight is 390 g/mol. The number of amides is 1. The van der Waals surface area contributed by atoms with Crippen molar-refractivity contribution in [1.29, 1.82) is 0 Å². The van der Waals surface area contributed by atoms with E-state index in [2.05, 4.69) is 28.6 Å². The number of aliphatic imine (C=N–C) groups is 2. The van der Waals surface area contributed by atoms with Crippen molar-refractivity contribution in [3.8, 4) is 0 Å². The second kappa shape index (κ2) is 9.10. The highest BCUT2D eigenvalue weighted by Gasteiger charge is 2.25. The lowest BCUT2D eigenvalue weighted by atomic mass is 9.94. The maximum absolute atomic E-state index is 13.1. The number of halogens is 1. The predicted octanol–water partition coefficient (Wildman–Crippen LogP) is 4.26. The van der Waals surface area contributed by atoms with E-state index in [1.807, 2.05) is 24.1 Å². The van der Waals surface area contributed by atoms with Gasteiger partial charge in [0, 0.05) is 37.5 Å². The molecule has 0 aromatic heterocycles. The second-order valence-electron chi connectivity index (χ2n) is 6.75. The largest absolute Gasteiger partial charge is 0.361 e. The summed E-state index contributed by atoms with van der Waals surface area (Å²) in [7, 11) is 1.91. The van der Waals surface area contributed by atoms with Gasteiger partial charge in [-0.15, -0.1) is 0 Å². The van der Waals surface area contributed by atoms with Crippen LogP contribution in [0.4, 0.5) is 10.1 Å². The summed E-state index contributed by atoms with van der Waals surface area (Å²) in [4.78, 5) is 22.3. The van der Waals surface area contributed by atoms with Gasteiger partial charge in [0.2, 0.25) is 0 Å². The van der Waals surface area contributed by atoms with Crippen molar-refractivity contribution in [1.82, 2.24) is 10.2 Å². The van der Waals surface area contributed by atoms with Gasteiger partial charge in [0.05, 0.1) is 12.0 Å². The standard InChI is InChI=1S/C23H23FN4O/c1-4-26-15-28(3)14-21-18(7-5-6-16-8-10-17(24)11-9-16)22(25-2)12-19-20(21)13-27-23(19)29/h4-5,7-12,15H,1-2,6,13-14H2,3H3,(H,27,29)/b7-5+,26-15?. The summed E-state index contributed by atoms with van der Waals surface area (Å²) in [6, 6.07) is 8.21. The van der Waals surface area contributed by atoms with E-state index in [1.165, 1.54) is 18.3 Å². The highest BCUT2D eigenvalue weighted by molar-refractivity contribution is 6.00. The van der Waals surface area contributed by atoms with Crippen LogP contribution in [0.1, 0.15) is 32.6 Å². The van der Waals surface area contributed by atoms with Crippen LogP contribution in [0.25, 0.3) is 6.08 Å². The predicted molar refractivity (Wildman–Crippen MR) is 116 cm³/mol. The molecule has 1 amide bonds. The van der Waals surface area contributed by atoms with Crippen LogP contribution in [-0.4, -0.2) is 30.9 Å². The number of hydrogen-bond acceptors (Lipinski definition) is 3. The van der Waals surface area contributed by atoms with Gasteiger partial charge in [-0.1, -0.05) is 30.9 Å². The number of benzene rings is 2. The molecule has 0 unspecified atom stereocenters. The molecular formula is C23H23FN4O. The fourth-order valence-corrected chi connectivity index (χ4v) is 3.33. The Balaban J connectivity index is 1.99. The van der Waals surface area contributed by atoms with Crippen molar-refractivity contribution in [2.45, 2.75) is 19.5 Å². The van der Waals surface area contributed by atoms with Crippen molar-refractivity contribution in [3.63, 3.8) is 0 Å². The van der Waals surface area contributed by atoms with Crippen molar-refractivity contribution in [2.24, 2.45) is 9.98 Å². The molecule has 0 bridgehead atoms. The lowest BCUT2D eigenvalue weighted by Crippen LogP contribution is -2.17. The van der Waals surface area contributed by atoms with E-state index in [1.54, 1.807) is 24.5 Å². The molecule has 0 fully saturated rings. The number of rotatable bonds is 8. The van der Waals surface area contributed by atoms with Gasteiger partial charge >= 0.3 is 0 Å². The van der Waals surface area contributed by atoms with Gasteiger partial charge in [0.25, 0.3) is 5.91 Å². The zero-order valence-electron chi connectivity index (χ0n) is 16.4. The van der Waals surface area contributed by atoms with Crippen LogP contribution >= 0.6 is 0 Å². The molecule has 0 saturated heterocycles. The van der Waals surface area contributed by atoms with E-state index >= 15 is 0 Å². The Morgan fingerprint density at radius 3 is 2.76 bits per heavy atom. The molecule has 0 saturated carbocycles. The molecule has 3 rings (SSSR count). The molecule has 1 heterocycles. The Bertz CT molecular complexity index is 993. The Labute approximate surface area is 170 Å². The molecule has 1 N–H and O–H groups in total. The summed E-state index contributed by atoms with van der Waals surface area (Å²) in [6.45, 7) is 8.30. The zero-order valence-corrected chi connectivity index (χ0v) is 16.4. The van der Waals surface area contributed by atoms with Gasteiger partial charge < -0.3 is 10.2 Å². The van der Waals surface area contributed by atoms with E-state index < -0.39 is 0 Å². The van der Waals surface area contributed by atoms with Crippen LogP contribution in [0.3, 0.4) is 0 Å².